The number of carbonyl (C=O) groups excluding carboxylic acids is 4. The second-order valence-corrected chi connectivity index (χ2v) is 12.2. The highest BCUT2D eigenvalue weighted by atomic mass is 16.5. The fourth-order valence-corrected chi connectivity index (χ4v) is 5.65. The molecule has 0 unspecified atom stereocenters. The predicted octanol–water partition coefficient (Wildman–Crippen LogP) is 9.68. The molecule has 0 aromatic heterocycles. The van der Waals surface area contributed by atoms with Crippen LogP contribution in [0.25, 0.3) is 0 Å². The van der Waals surface area contributed by atoms with Crippen molar-refractivity contribution in [2.75, 3.05) is 9.80 Å². The summed E-state index contributed by atoms with van der Waals surface area (Å²) in [5.74, 6) is -1.12. The smallest absolute Gasteiger partial charge is 0.330 e. The second kappa shape index (κ2) is 18.4. The molecule has 5 aromatic rings. The molecular formula is C46H40N2O6. The first kappa shape index (κ1) is 38.2. The molecule has 8 nitrogen and oxygen atoms in total. The van der Waals surface area contributed by atoms with Gasteiger partial charge in [-0.05, 0) is 101 Å². The van der Waals surface area contributed by atoms with E-state index in [1.54, 1.807) is 0 Å². The number of nitrogens with zero attached hydrogens (tertiary/aromatic N) is 2. The zero-order valence-electron chi connectivity index (χ0n) is 29.9. The Kier molecular flexibility index (Phi) is 13.0. The molecule has 0 saturated carbocycles. The van der Waals surface area contributed by atoms with Gasteiger partial charge < -0.3 is 19.3 Å². The average Bonchev–Trinajstić information content (AvgIpc) is 3.21. The molecule has 270 valence electrons. The molecular weight excluding hydrogens is 677 g/mol. The number of hydrogen-bond acceptors (Lipinski definition) is 8. The van der Waals surface area contributed by atoms with Crippen LogP contribution < -0.4 is 9.80 Å². The predicted molar refractivity (Wildman–Crippen MR) is 214 cm³/mol. The van der Waals surface area contributed by atoms with Crippen LogP contribution in [-0.2, 0) is 54.7 Å². The molecule has 0 saturated heterocycles. The maximum atomic E-state index is 12.1. The van der Waals surface area contributed by atoms with Crippen LogP contribution in [0, 0.1) is 0 Å². The van der Waals surface area contributed by atoms with Crippen molar-refractivity contribution < 1.29 is 28.7 Å². The van der Waals surface area contributed by atoms with Gasteiger partial charge in [0, 0.05) is 59.1 Å². The van der Waals surface area contributed by atoms with E-state index >= 15 is 0 Å². The Hall–Kier alpha value is -7.06. The number of ether oxygens (including phenoxy) is 2. The molecule has 8 heteroatoms. The number of anilines is 6. The molecule has 5 aromatic carbocycles. The number of esters is 2. The van der Waals surface area contributed by atoms with Crippen LogP contribution >= 0.6 is 0 Å². The minimum Gasteiger partial charge on any atom is -0.458 e. The molecule has 0 aliphatic rings. The van der Waals surface area contributed by atoms with Crippen molar-refractivity contribution in [2.24, 2.45) is 0 Å². The van der Waals surface area contributed by atoms with Gasteiger partial charge in [-0.3, -0.25) is 9.59 Å². The quantitative estimate of drug-likeness (QED) is 0.0654. The number of carbonyl (C=O) groups is 4. The molecule has 0 aliphatic heterocycles. The van der Waals surface area contributed by atoms with Crippen LogP contribution in [0.5, 0.6) is 0 Å². The largest absolute Gasteiger partial charge is 0.458 e. The van der Waals surface area contributed by atoms with Crippen molar-refractivity contribution in [1.29, 1.82) is 0 Å². The Morgan fingerprint density at radius 2 is 0.741 bits per heavy atom. The lowest BCUT2D eigenvalue weighted by atomic mass is 10.1. The van der Waals surface area contributed by atoms with Crippen molar-refractivity contribution in [2.45, 2.75) is 26.1 Å². The Labute approximate surface area is 315 Å². The lowest BCUT2D eigenvalue weighted by Crippen LogP contribution is -2.13. The lowest BCUT2D eigenvalue weighted by Gasteiger charge is -2.29. The Morgan fingerprint density at radius 1 is 0.426 bits per heavy atom. The van der Waals surface area contributed by atoms with E-state index < -0.39 is 11.9 Å². The van der Waals surface area contributed by atoms with Gasteiger partial charge >= 0.3 is 11.9 Å². The highest BCUT2D eigenvalue weighted by Gasteiger charge is 2.18. The van der Waals surface area contributed by atoms with Gasteiger partial charge in [0.1, 0.15) is 13.2 Å². The molecule has 0 radical (unpaired) electrons. The third kappa shape index (κ3) is 10.0. The van der Waals surface area contributed by atoms with E-state index in [0.717, 1.165) is 68.5 Å². The van der Waals surface area contributed by atoms with Crippen molar-refractivity contribution in [3.63, 3.8) is 0 Å². The molecule has 0 atom stereocenters. The van der Waals surface area contributed by atoms with Crippen LogP contribution in [0.1, 0.15) is 22.3 Å². The lowest BCUT2D eigenvalue weighted by molar-refractivity contribution is -0.139. The molecule has 0 N–H and O–H groups in total. The van der Waals surface area contributed by atoms with Crippen LogP contribution in [0.4, 0.5) is 34.1 Å². The Morgan fingerprint density at radius 3 is 1.04 bits per heavy atom. The SMILES string of the molecule is C=CC(=O)Cc1ccc(N(c2ccc(CC(=O)C=C)cc2)c2cccc(N(c3ccc(COC(=O)C=C)cc3)c3ccc(COC(=O)C=C)cc3)c2)cc1. The van der Waals surface area contributed by atoms with E-state index in [4.69, 9.17) is 9.47 Å². The third-order valence-corrected chi connectivity index (χ3v) is 8.43. The van der Waals surface area contributed by atoms with Gasteiger partial charge in [-0.1, -0.05) is 80.9 Å². The van der Waals surface area contributed by atoms with Gasteiger partial charge in [0.25, 0.3) is 0 Å². The van der Waals surface area contributed by atoms with E-state index in [1.807, 2.05) is 115 Å². The summed E-state index contributed by atoms with van der Waals surface area (Å²) < 4.78 is 10.5. The summed E-state index contributed by atoms with van der Waals surface area (Å²) in [6, 6.07) is 39.1. The van der Waals surface area contributed by atoms with Gasteiger partial charge in [0.05, 0.1) is 0 Å². The first-order valence-electron chi connectivity index (χ1n) is 17.2. The summed E-state index contributed by atoms with van der Waals surface area (Å²) >= 11 is 0. The summed E-state index contributed by atoms with van der Waals surface area (Å²) in [5.41, 5.74) is 8.46. The van der Waals surface area contributed by atoms with Crippen LogP contribution in [0.15, 0.2) is 172 Å². The molecule has 0 amide bonds. The molecule has 0 aliphatic carbocycles. The topological polar surface area (TPSA) is 93.2 Å². The molecule has 0 spiro atoms. The maximum Gasteiger partial charge on any atom is 0.330 e. The highest BCUT2D eigenvalue weighted by molar-refractivity contribution is 5.92. The van der Waals surface area contributed by atoms with Crippen LogP contribution in [0.2, 0.25) is 0 Å². The first-order chi connectivity index (χ1) is 26.2. The number of rotatable bonds is 18. The van der Waals surface area contributed by atoms with E-state index in [-0.39, 0.29) is 37.6 Å². The fraction of sp³-hybridized carbons (Fsp3) is 0.0870. The van der Waals surface area contributed by atoms with E-state index in [0.29, 0.717) is 0 Å². The zero-order valence-corrected chi connectivity index (χ0v) is 29.9. The van der Waals surface area contributed by atoms with Crippen LogP contribution in [-0.4, -0.2) is 23.5 Å². The minimum atomic E-state index is -0.499. The van der Waals surface area contributed by atoms with E-state index in [2.05, 4.69) is 42.2 Å². The van der Waals surface area contributed by atoms with E-state index in [1.165, 1.54) is 12.2 Å². The molecule has 0 fully saturated rings. The minimum absolute atomic E-state index is 0.0614. The van der Waals surface area contributed by atoms with Gasteiger partial charge in [-0.25, -0.2) is 9.59 Å². The Balaban J connectivity index is 1.57. The van der Waals surface area contributed by atoms with Gasteiger partial charge in [0.15, 0.2) is 11.6 Å². The highest BCUT2D eigenvalue weighted by Crippen LogP contribution is 2.40. The number of hydrogen-bond donors (Lipinski definition) is 0. The number of ketones is 2. The summed E-state index contributed by atoms with van der Waals surface area (Å²) in [4.78, 5) is 51.7. The van der Waals surface area contributed by atoms with E-state index in [9.17, 15) is 19.2 Å². The first-order valence-corrected chi connectivity index (χ1v) is 17.2. The summed E-state index contributed by atoms with van der Waals surface area (Å²) in [6.07, 6.45) is 5.42. The molecule has 0 bridgehead atoms. The normalized spacial score (nSPS) is 10.4. The summed E-state index contributed by atoms with van der Waals surface area (Å²) in [5, 5.41) is 0. The van der Waals surface area contributed by atoms with Gasteiger partial charge in [0.2, 0.25) is 0 Å². The number of benzene rings is 5. The summed E-state index contributed by atoms with van der Waals surface area (Å²) in [6.45, 7) is 14.3. The summed E-state index contributed by atoms with van der Waals surface area (Å²) in [7, 11) is 0. The monoisotopic (exact) mass is 716 g/mol. The Bertz CT molecular complexity index is 2020. The van der Waals surface area contributed by atoms with Crippen molar-refractivity contribution in [1.82, 2.24) is 0 Å². The molecule has 5 rings (SSSR count). The fourth-order valence-electron chi connectivity index (χ4n) is 5.65. The third-order valence-electron chi connectivity index (χ3n) is 8.43. The van der Waals surface area contributed by atoms with Crippen LogP contribution in [0.3, 0.4) is 0 Å². The zero-order chi connectivity index (χ0) is 38.5. The van der Waals surface area contributed by atoms with Gasteiger partial charge in [-0.2, -0.15) is 0 Å². The number of allylic oxidation sites excluding steroid dienone is 2. The van der Waals surface area contributed by atoms with Crippen molar-refractivity contribution in [3.05, 3.63) is 194 Å². The second-order valence-electron chi connectivity index (χ2n) is 12.2. The van der Waals surface area contributed by atoms with Crippen molar-refractivity contribution in [3.8, 4) is 0 Å². The van der Waals surface area contributed by atoms with Crippen molar-refractivity contribution >= 4 is 57.6 Å². The molecule has 0 heterocycles. The standard InChI is InChI=1S/C46H40N2O6/c1-5-43(49)28-33-12-20-37(21-13-33)47(38-22-14-34(15-23-38)29-44(50)6-2)41-10-9-11-42(30-41)48(39-24-16-35(17-25-39)31-53-45(51)7-3)40-26-18-36(19-27-40)32-54-46(52)8-4/h5-27,30H,1-4,28-29,31-32H2. The average molecular weight is 717 g/mol. The van der Waals surface area contributed by atoms with Gasteiger partial charge in [-0.15, -0.1) is 0 Å². The maximum absolute atomic E-state index is 12.1. The molecule has 54 heavy (non-hydrogen) atoms.